The minimum Gasteiger partial charge on any atom is -0.493 e. The van der Waals surface area contributed by atoms with E-state index < -0.39 is 0 Å². The van der Waals surface area contributed by atoms with Gasteiger partial charge in [0, 0.05) is 17.5 Å². The lowest BCUT2D eigenvalue weighted by molar-refractivity contribution is 0.355. The fourth-order valence-electron chi connectivity index (χ4n) is 3.26. The number of hydrogen-bond donors (Lipinski definition) is 0. The smallest absolute Gasteiger partial charge is 0.336 e. The molecule has 0 N–H and O–H groups in total. The molecule has 1 aromatic carbocycles. The van der Waals surface area contributed by atoms with Gasteiger partial charge in [0.05, 0.1) is 14.2 Å². The number of hydrogen-bond acceptors (Lipinski definition) is 4. The molecule has 1 aliphatic rings. The van der Waals surface area contributed by atoms with Crippen LogP contribution in [0.15, 0.2) is 27.4 Å². The van der Waals surface area contributed by atoms with E-state index in [2.05, 4.69) is 0 Å². The third kappa shape index (κ3) is 2.62. The quantitative estimate of drug-likeness (QED) is 0.805. The summed E-state index contributed by atoms with van der Waals surface area (Å²) in [6.07, 6.45) is 5.99. The molecule has 1 fully saturated rings. The van der Waals surface area contributed by atoms with E-state index in [0.717, 1.165) is 23.8 Å². The lowest BCUT2D eigenvalue weighted by Crippen LogP contribution is -2.09. The summed E-state index contributed by atoms with van der Waals surface area (Å²) < 4.78 is 16.0. The van der Waals surface area contributed by atoms with Gasteiger partial charge in [-0.3, -0.25) is 0 Å². The lowest BCUT2D eigenvalue weighted by Gasteiger charge is -2.23. The van der Waals surface area contributed by atoms with Gasteiger partial charge in [-0.2, -0.15) is 0 Å². The van der Waals surface area contributed by atoms with E-state index in [1.165, 1.54) is 19.3 Å². The van der Waals surface area contributed by atoms with Crippen LogP contribution in [0.4, 0.5) is 0 Å². The van der Waals surface area contributed by atoms with E-state index in [1.807, 2.05) is 6.07 Å². The van der Waals surface area contributed by atoms with Gasteiger partial charge < -0.3 is 13.9 Å². The van der Waals surface area contributed by atoms with Crippen molar-refractivity contribution in [2.75, 3.05) is 14.2 Å². The highest BCUT2D eigenvalue weighted by atomic mass is 16.5. The fraction of sp³-hybridized carbons (Fsp3) is 0.471. The summed E-state index contributed by atoms with van der Waals surface area (Å²) in [4.78, 5) is 11.9. The van der Waals surface area contributed by atoms with Gasteiger partial charge in [-0.1, -0.05) is 19.3 Å². The standard InChI is InChI=1S/C17H20O4/c1-19-15-8-13-12(11-6-4-3-5-7-11)9-17(18)21-14(13)10-16(15)20-2/h8-11H,3-7H2,1-2H3. The SMILES string of the molecule is COc1cc2oc(=O)cc(C3CCCCC3)c2cc1OC. The zero-order valence-electron chi connectivity index (χ0n) is 12.5. The normalized spacial score (nSPS) is 16.1. The van der Waals surface area contributed by atoms with Crippen LogP contribution in [0, 0.1) is 0 Å². The number of benzene rings is 1. The Morgan fingerprint density at radius 3 is 2.33 bits per heavy atom. The molecule has 0 unspecified atom stereocenters. The summed E-state index contributed by atoms with van der Waals surface area (Å²) in [5, 5.41) is 0.958. The van der Waals surface area contributed by atoms with E-state index >= 15 is 0 Å². The minimum absolute atomic E-state index is 0.296. The molecule has 3 rings (SSSR count). The van der Waals surface area contributed by atoms with Gasteiger partial charge >= 0.3 is 5.63 Å². The maximum atomic E-state index is 11.9. The minimum atomic E-state index is -0.296. The molecule has 0 spiro atoms. The highest BCUT2D eigenvalue weighted by Crippen LogP contribution is 2.39. The first-order chi connectivity index (χ1) is 10.2. The van der Waals surface area contributed by atoms with E-state index in [4.69, 9.17) is 13.9 Å². The van der Waals surface area contributed by atoms with Crippen molar-refractivity contribution in [1.82, 2.24) is 0 Å². The van der Waals surface area contributed by atoms with Crippen LogP contribution in [0.25, 0.3) is 11.0 Å². The summed E-state index contributed by atoms with van der Waals surface area (Å²) >= 11 is 0. The topological polar surface area (TPSA) is 48.7 Å². The molecule has 0 amide bonds. The van der Waals surface area contributed by atoms with Crippen LogP contribution in [0.3, 0.4) is 0 Å². The molecule has 1 heterocycles. The number of fused-ring (bicyclic) bond motifs is 1. The third-order valence-electron chi connectivity index (χ3n) is 4.33. The zero-order chi connectivity index (χ0) is 14.8. The van der Waals surface area contributed by atoms with Gasteiger partial charge in [0.2, 0.25) is 0 Å². The second kappa shape index (κ2) is 5.80. The Morgan fingerprint density at radius 1 is 1.00 bits per heavy atom. The second-order valence-electron chi connectivity index (χ2n) is 5.56. The predicted molar refractivity (Wildman–Crippen MR) is 81.4 cm³/mol. The Labute approximate surface area is 123 Å². The van der Waals surface area contributed by atoms with Crippen molar-refractivity contribution in [3.8, 4) is 11.5 Å². The van der Waals surface area contributed by atoms with Gasteiger partial charge in [-0.15, -0.1) is 0 Å². The third-order valence-corrected chi connectivity index (χ3v) is 4.33. The molecule has 0 radical (unpaired) electrons. The van der Waals surface area contributed by atoms with E-state index in [9.17, 15) is 4.79 Å². The summed E-state index contributed by atoms with van der Waals surface area (Å²) in [6.45, 7) is 0. The molecule has 1 saturated carbocycles. The zero-order valence-corrected chi connectivity index (χ0v) is 12.5. The van der Waals surface area contributed by atoms with E-state index in [1.54, 1.807) is 26.4 Å². The van der Waals surface area contributed by atoms with Crippen molar-refractivity contribution in [3.63, 3.8) is 0 Å². The first-order valence-electron chi connectivity index (χ1n) is 7.42. The Morgan fingerprint density at radius 2 is 1.67 bits per heavy atom. The Hall–Kier alpha value is -1.97. The van der Waals surface area contributed by atoms with Gasteiger partial charge in [-0.25, -0.2) is 4.79 Å². The molecule has 1 aromatic heterocycles. The first-order valence-corrected chi connectivity index (χ1v) is 7.42. The summed E-state index contributed by atoms with van der Waals surface area (Å²) in [5.74, 6) is 1.67. The Kier molecular flexibility index (Phi) is 3.86. The Bertz CT molecular complexity index is 696. The molecule has 0 aliphatic heterocycles. The summed E-state index contributed by atoms with van der Waals surface area (Å²) in [6, 6.07) is 5.30. The molecular formula is C17H20O4. The predicted octanol–water partition coefficient (Wildman–Crippen LogP) is 3.86. The highest BCUT2D eigenvalue weighted by Gasteiger charge is 2.20. The molecule has 0 bridgehead atoms. The van der Waals surface area contributed by atoms with Gasteiger partial charge in [0.15, 0.2) is 11.5 Å². The first kappa shape index (κ1) is 14.0. The molecular weight excluding hydrogens is 268 g/mol. The van der Waals surface area contributed by atoms with Gasteiger partial charge in [-0.05, 0) is 30.4 Å². The molecule has 21 heavy (non-hydrogen) atoms. The second-order valence-corrected chi connectivity index (χ2v) is 5.56. The van der Waals surface area contributed by atoms with Crippen LogP contribution >= 0.6 is 0 Å². The van der Waals surface area contributed by atoms with Crippen LogP contribution in [0.2, 0.25) is 0 Å². The fourth-order valence-corrected chi connectivity index (χ4v) is 3.26. The van der Waals surface area contributed by atoms with Crippen LogP contribution in [0.5, 0.6) is 11.5 Å². The monoisotopic (exact) mass is 288 g/mol. The molecule has 4 heteroatoms. The highest BCUT2D eigenvalue weighted by molar-refractivity contribution is 5.84. The van der Waals surface area contributed by atoms with Gasteiger partial charge in [0.1, 0.15) is 5.58 Å². The average molecular weight is 288 g/mol. The van der Waals surface area contributed by atoms with Crippen molar-refractivity contribution in [1.29, 1.82) is 0 Å². The van der Waals surface area contributed by atoms with Crippen molar-refractivity contribution in [2.24, 2.45) is 0 Å². The van der Waals surface area contributed by atoms with Crippen molar-refractivity contribution >= 4 is 11.0 Å². The summed E-state index contributed by atoms with van der Waals surface area (Å²) in [7, 11) is 3.19. The number of ether oxygens (including phenoxy) is 2. The van der Waals surface area contributed by atoms with E-state index in [-0.39, 0.29) is 5.63 Å². The molecule has 2 aromatic rings. The number of rotatable bonds is 3. The average Bonchev–Trinajstić information content (AvgIpc) is 2.53. The molecule has 112 valence electrons. The number of methoxy groups -OCH3 is 2. The molecule has 0 saturated heterocycles. The largest absolute Gasteiger partial charge is 0.493 e. The van der Waals surface area contributed by atoms with Crippen molar-refractivity contribution < 1.29 is 13.9 Å². The van der Waals surface area contributed by atoms with Crippen LogP contribution < -0.4 is 15.1 Å². The maximum Gasteiger partial charge on any atom is 0.336 e. The van der Waals surface area contributed by atoms with Gasteiger partial charge in [0.25, 0.3) is 0 Å². The van der Waals surface area contributed by atoms with Crippen LogP contribution in [-0.4, -0.2) is 14.2 Å². The van der Waals surface area contributed by atoms with Crippen molar-refractivity contribution in [2.45, 2.75) is 38.0 Å². The van der Waals surface area contributed by atoms with Crippen molar-refractivity contribution in [3.05, 3.63) is 34.2 Å². The molecule has 4 nitrogen and oxygen atoms in total. The Balaban J connectivity index is 2.20. The van der Waals surface area contributed by atoms with E-state index in [0.29, 0.717) is 23.0 Å². The summed E-state index contributed by atoms with van der Waals surface area (Å²) in [5.41, 5.74) is 1.36. The lowest BCUT2D eigenvalue weighted by atomic mass is 9.83. The maximum absolute atomic E-state index is 11.9. The molecule has 1 aliphatic carbocycles. The molecule has 0 atom stereocenters. The van der Waals surface area contributed by atoms with Crippen LogP contribution in [0.1, 0.15) is 43.6 Å². The van der Waals surface area contributed by atoms with Crippen LogP contribution in [-0.2, 0) is 0 Å².